The minimum Gasteiger partial charge on any atom is -0.375 e. The molecule has 1 aromatic rings. The van der Waals surface area contributed by atoms with Crippen LogP contribution in [0.5, 0.6) is 0 Å². The number of benzene rings is 1. The second-order valence-electron chi connectivity index (χ2n) is 6.35. The molecule has 0 spiro atoms. The number of halogens is 1. The van der Waals surface area contributed by atoms with Crippen LogP contribution >= 0.6 is 11.6 Å². The molecule has 4 nitrogen and oxygen atoms in total. The van der Waals surface area contributed by atoms with Crippen LogP contribution in [-0.2, 0) is 9.53 Å². The minimum atomic E-state index is -0.567. The molecule has 0 fully saturated rings. The van der Waals surface area contributed by atoms with Crippen molar-refractivity contribution in [2.24, 2.45) is 11.1 Å². The van der Waals surface area contributed by atoms with Crippen molar-refractivity contribution in [3.05, 3.63) is 34.9 Å². The third kappa shape index (κ3) is 4.99. The fourth-order valence-corrected chi connectivity index (χ4v) is 2.19. The highest BCUT2D eigenvalue weighted by Gasteiger charge is 2.30. The molecular formula is C16H25ClN2O2. The lowest BCUT2D eigenvalue weighted by molar-refractivity contribution is -0.126. The van der Waals surface area contributed by atoms with Crippen molar-refractivity contribution in [1.82, 2.24) is 5.32 Å². The van der Waals surface area contributed by atoms with E-state index < -0.39 is 6.04 Å². The lowest BCUT2D eigenvalue weighted by Gasteiger charge is -2.30. The lowest BCUT2D eigenvalue weighted by Crippen LogP contribution is -2.52. The standard InChI is InChI=1S/C16H25ClN2O2/c1-10(19-15(20)14(18)16(2,3)4)13(21-5)11-6-8-12(17)9-7-11/h6-10,13-14H,18H2,1-5H3,(H,19,20)/t10?,13?,14-/m1/s1. The molecule has 1 aromatic carbocycles. The molecule has 0 aliphatic heterocycles. The summed E-state index contributed by atoms with van der Waals surface area (Å²) in [6.07, 6.45) is -0.251. The Labute approximate surface area is 132 Å². The molecule has 0 aliphatic carbocycles. The number of hydrogen-bond donors (Lipinski definition) is 2. The Kier molecular flexibility index (Phi) is 6.20. The minimum absolute atomic E-state index is 0.175. The first-order valence-electron chi connectivity index (χ1n) is 7.01. The van der Waals surface area contributed by atoms with Crippen molar-refractivity contribution in [2.75, 3.05) is 7.11 Å². The predicted octanol–water partition coefficient (Wildman–Crippen LogP) is 2.91. The Morgan fingerprint density at radius 1 is 1.29 bits per heavy atom. The highest BCUT2D eigenvalue weighted by atomic mass is 35.5. The Hall–Kier alpha value is -1.10. The molecular weight excluding hydrogens is 288 g/mol. The molecule has 3 N–H and O–H groups in total. The van der Waals surface area contributed by atoms with Crippen molar-refractivity contribution >= 4 is 17.5 Å². The number of carbonyl (C=O) groups excluding carboxylic acids is 1. The number of carbonyl (C=O) groups is 1. The maximum absolute atomic E-state index is 12.2. The molecule has 2 unspecified atom stereocenters. The monoisotopic (exact) mass is 312 g/mol. The highest BCUT2D eigenvalue weighted by molar-refractivity contribution is 6.30. The smallest absolute Gasteiger partial charge is 0.237 e. The summed E-state index contributed by atoms with van der Waals surface area (Å²) in [5.74, 6) is -0.175. The predicted molar refractivity (Wildman–Crippen MR) is 86.2 cm³/mol. The van der Waals surface area contributed by atoms with Crippen LogP contribution in [0.1, 0.15) is 39.4 Å². The maximum atomic E-state index is 12.2. The van der Waals surface area contributed by atoms with Gasteiger partial charge in [-0.15, -0.1) is 0 Å². The SMILES string of the molecule is COC(c1ccc(Cl)cc1)C(C)NC(=O)[C@@H](N)C(C)(C)C. The first-order chi connectivity index (χ1) is 9.66. The summed E-state index contributed by atoms with van der Waals surface area (Å²) in [6.45, 7) is 7.72. The second kappa shape index (κ2) is 7.25. The molecule has 3 atom stereocenters. The first-order valence-corrected chi connectivity index (χ1v) is 7.39. The van der Waals surface area contributed by atoms with Crippen molar-refractivity contribution in [1.29, 1.82) is 0 Å². The average Bonchev–Trinajstić information content (AvgIpc) is 2.39. The summed E-state index contributed by atoms with van der Waals surface area (Å²) < 4.78 is 5.51. The van der Waals surface area contributed by atoms with Gasteiger partial charge in [0.2, 0.25) is 5.91 Å². The van der Waals surface area contributed by atoms with Gasteiger partial charge in [0.1, 0.15) is 6.10 Å². The van der Waals surface area contributed by atoms with Crippen LogP contribution in [0.15, 0.2) is 24.3 Å². The van der Waals surface area contributed by atoms with Gasteiger partial charge in [0.25, 0.3) is 0 Å². The van der Waals surface area contributed by atoms with E-state index in [0.29, 0.717) is 5.02 Å². The van der Waals surface area contributed by atoms with Crippen molar-refractivity contribution in [3.63, 3.8) is 0 Å². The van der Waals surface area contributed by atoms with Crippen molar-refractivity contribution in [3.8, 4) is 0 Å². The van der Waals surface area contributed by atoms with Gasteiger partial charge < -0.3 is 15.8 Å². The van der Waals surface area contributed by atoms with Crippen LogP contribution in [0.4, 0.5) is 0 Å². The van der Waals surface area contributed by atoms with E-state index in [4.69, 9.17) is 22.1 Å². The normalized spacial score (nSPS) is 16.1. The zero-order chi connectivity index (χ0) is 16.2. The Morgan fingerprint density at radius 2 is 1.81 bits per heavy atom. The van der Waals surface area contributed by atoms with Gasteiger partial charge in [0, 0.05) is 12.1 Å². The molecule has 0 heterocycles. The van der Waals surface area contributed by atoms with Gasteiger partial charge >= 0.3 is 0 Å². The zero-order valence-electron chi connectivity index (χ0n) is 13.3. The van der Waals surface area contributed by atoms with E-state index >= 15 is 0 Å². The number of methoxy groups -OCH3 is 1. The number of nitrogens with two attached hydrogens (primary N) is 1. The topological polar surface area (TPSA) is 64.3 Å². The van der Waals surface area contributed by atoms with Crippen LogP contribution in [0, 0.1) is 5.41 Å². The molecule has 0 aliphatic rings. The fraction of sp³-hybridized carbons (Fsp3) is 0.562. The number of amides is 1. The summed E-state index contributed by atoms with van der Waals surface area (Å²) in [5, 5.41) is 3.60. The third-order valence-electron chi connectivity index (χ3n) is 3.49. The maximum Gasteiger partial charge on any atom is 0.237 e. The van der Waals surface area contributed by atoms with Gasteiger partial charge in [-0.25, -0.2) is 0 Å². The van der Waals surface area contributed by atoms with Crippen molar-refractivity contribution in [2.45, 2.75) is 45.9 Å². The summed E-state index contributed by atoms with van der Waals surface area (Å²) in [6, 6.07) is 6.63. The molecule has 0 bridgehead atoms. The number of ether oxygens (including phenoxy) is 1. The van der Waals surface area contributed by atoms with Gasteiger partial charge in [-0.05, 0) is 30.0 Å². The molecule has 0 radical (unpaired) electrons. The Morgan fingerprint density at radius 3 is 2.24 bits per heavy atom. The van der Waals surface area contributed by atoms with Crippen LogP contribution in [0.2, 0.25) is 5.02 Å². The number of hydrogen-bond acceptors (Lipinski definition) is 3. The first kappa shape index (κ1) is 18.0. The molecule has 1 amide bonds. The van der Waals surface area contributed by atoms with Gasteiger partial charge in [0.15, 0.2) is 0 Å². The van der Waals surface area contributed by atoms with E-state index in [1.807, 2.05) is 39.8 Å². The lowest BCUT2D eigenvalue weighted by atomic mass is 9.86. The van der Waals surface area contributed by atoms with Gasteiger partial charge in [-0.2, -0.15) is 0 Å². The van der Waals surface area contributed by atoms with E-state index in [1.165, 1.54) is 0 Å². The summed E-state index contributed by atoms with van der Waals surface area (Å²) in [4.78, 5) is 12.2. The number of rotatable bonds is 5. The van der Waals surface area contributed by atoms with E-state index in [-0.39, 0.29) is 23.5 Å². The summed E-state index contributed by atoms with van der Waals surface area (Å²) in [5.41, 5.74) is 6.64. The van der Waals surface area contributed by atoms with E-state index in [9.17, 15) is 4.79 Å². The van der Waals surface area contributed by atoms with Crippen LogP contribution < -0.4 is 11.1 Å². The molecule has 1 rings (SSSR count). The summed E-state index contributed by atoms with van der Waals surface area (Å²) in [7, 11) is 1.62. The number of nitrogens with one attached hydrogen (secondary N) is 1. The van der Waals surface area contributed by atoms with Crippen LogP contribution in [0.25, 0.3) is 0 Å². The molecule has 0 saturated carbocycles. The van der Waals surface area contributed by atoms with Crippen LogP contribution in [0.3, 0.4) is 0 Å². The van der Waals surface area contributed by atoms with Gasteiger partial charge in [-0.1, -0.05) is 44.5 Å². The van der Waals surface area contributed by atoms with Crippen LogP contribution in [-0.4, -0.2) is 25.1 Å². The zero-order valence-corrected chi connectivity index (χ0v) is 14.1. The largest absolute Gasteiger partial charge is 0.375 e. The molecule has 21 heavy (non-hydrogen) atoms. The molecule has 5 heteroatoms. The van der Waals surface area contributed by atoms with Gasteiger partial charge in [0.05, 0.1) is 12.1 Å². The fourth-order valence-electron chi connectivity index (χ4n) is 2.06. The molecule has 118 valence electrons. The van der Waals surface area contributed by atoms with E-state index in [0.717, 1.165) is 5.56 Å². The Bertz CT molecular complexity index is 468. The highest BCUT2D eigenvalue weighted by Crippen LogP contribution is 2.23. The average molecular weight is 313 g/mol. The quantitative estimate of drug-likeness (QED) is 0.878. The summed E-state index contributed by atoms with van der Waals surface area (Å²) >= 11 is 5.89. The molecule has 0 aromatic heterocycles. The Balaban J connectivity index is 2.78. The van der Waals surface area contributed by atoms with E-state index in [1.54, 1.807) is 19.2 Å². The molecule has 0 saturated heterocycles. The third-order valence-corrected chi connectivity index (χ3v) is 3.74. The van der Waals surface area contributed by atoms with E-state index in [2.05, 4.69) is 5.32 Å². The van der Waals surface area contributed by atoms with Crippen molar-refractivity contribution < 1.29 is 9.53 Å². The van der Waals surface area contributed by atoms with Gasteiger partial charge in [-0.3, -0.25) is 4.79 Å². The second-order valence-corrected chi connectivity index (χ2v) is 6.79.